The highest BCUT2D eigenvalue weighted by molar-refractivity contribution is 7.89. The van der Waals surface area contributed by atoms with Crippen molar-refractivity contribution in [3.63, 3.8) is 0 Å². The quantitative estimate of drug-likeness (QED) is 0.352. The molecule has 0 saturated carbocycles. The van der Waals surface area contributed by atoms with Gasteiger partial charge in [0.05, 0.1) is 18.0 Å². The Bertz CT molecular complexity index is 884. The van der Waals surface area contributed by atoms with E-state index >= 15 is 0 Å². The standard InChI is InChI=1S/C21H30N4O3S/c1-4-22-21(23-15-10-16-28-19-12-6-5-7-13-19)24-17-18-11-8-9-14-20(18)29(26,27)25(2)3/h5-9,11-14H,4,10,15-17H2,1-3H3,(H2,22,23,24). The molecule has 2 aromatic carbocycles. The number of ether oxygens (including phenoxy) is 1. The number of guanidine groups is 1. The molecule has 158 valence electrons. The van der Waals surface area contributed by atoms with Crippen LogP contribution in [0.4, 0.5) is 0 Å². The lowest BCUT2D eigenvalue weighted by atomic mass is 10.2. The fourth-order valence-corrected chi connectivity index (χ4v) is 3.68. The van der Waals surface area contributed by atoms with E-state index in [1.54, 1.807) is 18.2 Å². The van der Waals surface area contributed by atoms with Crippen LogP contribution in [0, 0.1) is 0 Å². The molecular formula is C21H30N4O3S. The molecule has 29 heavy (non-hydrogen) atoms. The monoisotopic (exact) mass is 418 g/mol. The number of para-hydroxylation sites is 1. The van der Waals surface area contributed by atoms with Crippen LogP contribution in [0.2, 0.25) is 0 Å². The average molecular weight is 419 g/mol. The Hall–Kier alpha value is -2.58. The third-order valence-electron chi connectivity index (χ3n) is 4.11. The van der Waals surface area contributed by atoms with Gasteiger partial charge in [-0.25, -0.2) is 17.7 Å². The molecule has 0 fully saturated rings. The third kappa shape index (κ3) is 7.07. The van der Waals surface area contributed by atoms with Crippen molar-refractivity contribution in [3.05, 3.63) is 60.2 Å². The van der Waals surface area contributed by atoms with Gasteiger partial charge in [-0.15, -0.1) is 0 Å². The SMILES string of the molecule is CCNC(=NCc1ccccc1S(=O)(=O)N(C)C)NCCCOc1ccccc1. The lowest BCUT2D eigenvalue weighted by Crippen LogP contribution is -2.38. The van der Waals surface area contributed by atoms with Crippen LogP contribution in [0.3, 0.4) is 0 Å². The van der Waals surface area contributed by atoms with Crippen molar-refractivity contribution < 1.29 is 13.2 Å². The molecule has 7 nitrogen and oxygen atoms in total. The van der Waals surface area contributed by atoms with E-state index in [9.17, 15) is 8.42 Å². The summed E-state index contributed by atoms with van der Waals surface area (Å²) in [5, 5.41) is 6.44. The van der Waals surface area contributed by atoms with Gasteiger partial charge in [-0.3, -0.25) is 0 Å². The van der Waals surface area contributed by atoms with Crippen molar-refractivity contribution in [2.24, 2.45) is 4.99 Å². The summed E-state index contributed by atoms with van der Waals surface area (Å²) in [5.41, 5.74) is 0.658. The lowest BCUT2D eigenvalue weighted by molar-refractivity contribution is 0.311. The second-order valence-electron chi connectivity index (χ2n) is 6.53. The number of hydrogen-bond donors (Lipinski definition) is 2. The van der Waals surface area contributed by atoms with Crippen molar-refractivity contribution in [3.8, 4) is 5.75 Å². The van der Waals surface area contributed by atoms with E-state index in [1.165, 1.54) is 18.4 Å². The largest absolute Gasteiger partial charge is 0.494 e. The minimum atomic E-state index is -3.51. The van der Waals surface area contributed by atoms with E-state index in [-0.39, 0.29) is 11.4 Å². The van der Waals surface area contributed by atoms with Gasteiger partial charge in [-0.2, -0.15) is 0 Å². The van der Waals surface area contributed by atoms with E-state index in [4.69, 9.17) is 4.74 Å². The molecule has 2 aromatic rings. The maximum absolute atomic E-state index is 12.5. The van der Waals surface area contributed by atoms with Gasteiger partial charge in [0.15, 0.2) is 5.96 Å². The first-order chi connectivity index (χ1) is 13.9. The summed E-state index contributed by atoms with van der Waals surface area (Å²) in [7, 11) is -0.459. The number of rotatable bonds is 10. The number of sulfonamides is 1. The maximum Gasteiger partial charge on any atom is 0.242 e. The molecular weight excluding hydrogens is 388 g/mol. The Morgan fingerprint density at radius 2 is 1.72 bits per heavy atom. The van der Waals surface area contributed by atoms with Crippen LogP contribution in [0.15, 0.2) is 64.5 Å². The molecule has 2 N–H and O–H groups in total. The average Bonchev–Trinajstić information content (AvgIpc) is 2.72. The molecule has 2 rings (SSSR count). The van der Waals surface area contributed by atoms with Crippen molar-refractivity contribution >= 4 is 16.0 Å². The predicted molar refractivity (Wildman–Crippen MR) is 117 cm³/mol. The van der Waals surface area contributed by atoms with Crippen LogP contribution in [0.25, 0.3) is 0 Å². The van der Waals surface area contributed by atoms with Crippen LogP contribution in [0.5, 0.6) is 5.75 Å². The molecule has 0 bridgehead atoms. The molecule has 0 radical (unpaired) electrons. The third-order valence-corrected chi connectivity index (χ3v) is 6.02. The molecule has 0 saturated heterocycles. The van der Waals surface area contributed by atoms with Gasteiger partial charge in [0, 0.05) is 27.2 Å². The number of nitrogens with zero attached hydrogens (tertiary/aromatic N) is 2. The molecule has 0 aliphatic carbocycles. The zero-order chi connectivity index (χ0) is 21.1. The van der Waals surface area contributed by atoms with Crippen LogP contribution in [-0.4, -0.2) is 52.5 Å². The molecule has 0 amide bonds. The van der Waals surface area contributed by atoms with E-state index in [0.717, 1.165) is 12.2 Å². The maximum atomic E-state index is 12.5. The molecule has 0 aromatic heterocycles. The highest BCUT2D eigenvalue weighted by atomic mass is 32.2. The normalized spacial score (nSPS) is 12.1. The zero-order valence-electron chi connectivity index (χ0n) is 17.3. The van der Waals surface area contributed by atoms with E-state index in [1.807, 2.05) is 43.3 Å². The van der Waals surface area contributed by atoms with Gasteiger partial charge in [-0.1, -0.05) is 36.4 Å². The van der Waals surface area contributed by atoms with Crippen molar-refractivity contribution in [1.82, 2.24) is 14.9 Å². The Labute approximate surface area is 173 Å². The molecule has 0 heterocycles. The van der Waals surface area contributed by atoms with Crippen LogP contribution in [-0.2, 0) is 16.6 Å². The van der Waals surface area contributed by atoms with Gasteiger partial charge in [0.2, 0.25) is 10.0 Å². The van der Waals surface area contributed by atoms with E-state index < -0.39 is 10.0 Å². The van der Waals surface area contributed by atoms with Crippen molar-refractivity contribution in [1.29, 1.82) is 0 Å². The number of hydrogen-bond acceptors (Lipinski definition) is 4. The van der Waals surface area contributed by atoms with Gasteiger partial charge >= 0.3 is 0 Å². The first-order valence-electron chi connectivity index (χ1n) is 9.65. The number of aliphatic imine (C=N–C) groups is 1. The van der Waals surface area contributed by atoms with Crippen LogP contribution >= 0.6 is 0 Å². The topological polar surface area (TPSA) is 83.0 Å². The zero-order valence-corrected chi connectivity index (χ0v) is 18.1. The first kappa shape index (κ1) is 22.7. The van der Waals surface area contributed by atoms with Gasteiger partial charge in [-0.05, 0) is 37.1 Å². The van der Waals surface area contributed by atoms with Gasteiger partial charge < -0.3 is 15.4 Å². The fourth-order valence-electron chi connectivity index (χ4n) is 2.57. The van der Waals surface area contributed by atoms with Crippen molar-refractivity contribution in [2.45, 2.75) is 24.8 Å². The van der Waals surface area contributed by atoms with E-state index in [0.29, 0.717) is 31.2 Å². The molecule has 8 heteroatoms. The minimum Gasteiger partial charge on any atom is -0.494 e. The summed E-state index contributed by atoms with van der Waals surface area (Å²) in [6.45, 7) is 4.25. The molecule has 0 aliphatic heterocycles. The Balaban J connectivity index is 1.94. The smallest absolute Gasteiger partial charge is 0.242 e. The number of nitrogens with one attached hydrogen (secondary N) is 2. The highest BCUT2D eigenvalue weighted by Gasteiger charge is 2.20. The highest BCUT2D eigenvalue weighted by Crippen LogP contribution is 2.19. The summed E-state index contributed by atoms with van der Waals surface area (Å²) in [5.74, 6) is 1.50. The summed E-state index contributed by atoms with van der Waals surface area (Å²) >= 11 is 0. The molecule has 0 spiro atoms. The molecule has 0 aliphatic rings. The Morgan fingerprint density at radius 3 is 2.41 bits per heavy atom. The first-order valence-corrected chi connectivity index (χ1v) is 11.1. The molecule has 0 unspecified atom stereocenters. The lowest BCUT2D eigenvalue weighted by Gasteiger charge is -2.15. The Kier molecular flexibility index (Phi) is 8.95. The minimum absolute atomic E-state index is 0.263. The van der Waals surface area contributed by atoms with Crippen LogP contribution in [0.1, 0.15) is 18.9 Å². The molecule has 0 atom stereocenters. The summed E-state index contributed by atoms with van der Waals surface area (Å²) in [4.78, 5) is 4.82. The van der Waals surface area contributed by atoms with Crippen LogP contribution < -0.4 is 15.4 Å². The fraction of sp³-hybridized carbons (Fsp3) is 0.381. The second-order valence-corrected chi connectivity index (χ2v) is 8.65. The van der Waals surface area contributed by atoms with Gasteiger partial charge in [0.25, 0.3) is 0 Å². The Morgan fingerprint density at radius 1 is 1.03 bits per heavy atom. The summed E-state index contributed by atoms with van der Waals surface area (Å²) in [6, 6.07) is 16.6. The number of benzene rings is 2. The summed E-state index contributed by atoms with van der Waals surface area (Å²) < 4.78 is 31.9. The second kappa shape index (κ2) is 11.4. The summed E-state index contributed by atoms with van der Waals surface area (Å²) in [6.07, 6.45) is 0.810. The van der Waals surface area contributed by atoms with E-state index in [2.05, 4.69) is 15.6 Å². The van der Waals surface area contributed by atoms with Gasteiger partial charge in [0.1, 0.15) is 5.75 Å². The van der Waals surface area contributed by atoms with Crippen molar-refractivity contribution in [2.75, 3.05) is 33.8 Å². The predicted octanol–water partition coefficient (Wildman–Crippen LogP) is 2.46.